The van der Waals surface area contributed by atoms with E-state index >= 15 is 0 Å². The van der Waals surface area contributed by atoms with Crippen molar-refractivity contribution in [3.05, 3.63) is 15.9 Å². The summed E-state index contributed by atoms with van der Waals surface area (Å²) in [5.41, 5.74) is 2.34. The Morgan fingerprint density at radius 3 is 2.75 bits per heavy atom. The van der Waals surface area contributed by atoms with Crippen LogP contribution in [0.2, 0.25) is 0 Å². The number of aryl methyl sites for hydroxylation is 1. The lowest BCUT2D eigenvalue weighted by molar-refractivity contribution is 0.322. The van der Waals surface area contributed by atoms with Crippen molar-refractivity contribution in [1.82, 2.24) is 15.1 Å². The van der Waals surface area contributed by atoms with E-state index in [9.17, 15) is 0 Å². The molecule has 5 heteroatoms. The first-order chi connectivity index (χ1) is 7.18. The number of nitrogens with one attached hydrogen (secondary N) is 1. The van der Waals surface area contributed by atoms with Crippen LogP contribution in [0.15, 0.2) is 4.47 Å². The third-order valence-corrected chi connectivity index (χ3v) is 4.27. The molecule has 1 aliphatic rings. The maximum absolute atomic E-state index is 4.55. The van der Waals surface area contributed by atoms with Crippen LogP contribution in [0.3, 0.4) is 0 Å². The van der Waals surface area contributed by atoms with Crippen LogP contribution in [0.25, 0.3) is 0 Å². The van der Waals surface area contributed by atoms with Gasteiger partial charge in [0, 0.05) is 12.2 Å². The molecule has 0 spiro atoms. The summed E-state index contributed by atoms with van der Waals surface area (Å²) in [6.07, 6.45) is 2.62. The van der Waals surface area contributed by atoms with Crippen molar-refractivity contribution in [1.29, 1.82) is 0 Å². The second kappa shape index (κ2) is 6.03. The standard InChI is InChI=1S/C11H18BrN3.ClH/c1-8-11(12)9(2)15(14-8)7-10-4-3-5-13-6-10;/h10,13H,3-7H2,1-2H3;1H. The molecule has 1 atom stereocenters. The predicted molar refractivity (Wildman–Crippen MR) is 72.2 cm³/mol. The van der Waals surface area contributed by atoms with Gasteiger partial charge in [0.1, 0.15) is 0 Å². The third kappa shape index (κ3) is 2.99. The Kier molecular flexibility index (Phi) is 5.28. The average molecular weight is 309 g/mol. The van der Waals surface area contributed by atoms with Crippen LogP contribution >= 0.6 is 28.3 Å². The minimum absolute atomic E-state index is 0. The molecule has 0 aliphatic carbocycles. The lowest BCUT2D eigenvalue weighted by Crippen LogP contribution is -2.32. The highest BCUT2D eigenvalue weighted by atomic mass is 79.9. The van der Waals surface area contributed by atoms with Gasteiger partial charge in [-0.1, -0.05) is 0 Å². The molecule has 0 saturated carbocycles. The van der Waals surface area contributed by atoms with E-state index in [0.29, 0.717) is 0 Å². The van der Waals surface area contributed by atoms with E-state index in [2.05, 4.69) is 38.0 Å². The molecule has 3 nitrogen and oxygen atoms in total. The summed E-state index contributed by atoms with van der Waals surface area (Å²) in [5.74, 6) is 0.739. The zero-order valence-electron chi connectivity index (χ0n) is 9.79. The summed E-state index contributed by atoms with van der Waals surface area (Å²) in [6, 6.07) is 0. The molecule has 0 radical (unpaired) electrons. The van der Waals surface area contributed by atoms with E-state index in [1.807, 2.05) is 6.92 Å². The van der Waals surface area contributed by atoms with Gasteiger partial charge in [-0.2, -0.15) is 5.10 Å². The molecule has 2 rings (SSSR count). The molecule has 1 aromatic heterocycles. The first-order valence-electron chi connectivity index (χ1n) is 5.58. The van der Waals surface area contributed by atoms with Gasteiger partial charge in [0.15, 0.2) is 0 Å². The molecule has 1 aromatic rings. The van der Waals surface area contributed by atoms with Gasteiger partial charge in [-0.05, 0) is 61.6 Å². The van der Waals surface area contributed by atoms with E-state index in [4.69, 9.17) is 0 Å². The van der Waals surface area contributed by atoms with Gasteiger partial charge in [0.2, 0.25) is 0 Å². The molecule has 1 N–H and O–H groups in total. The van der Waals surface area contributed by atoms with Crippen molar-refractivity contribution in [2.45, 2.75) is 33.2 Å². The number of nitrogens with zero attached hydrogens (tertiary/aromatic N) is 2. The molecule has 0 aromatic carbocycles. The van der Waals surface area contributed by atoms with Crippen LogP contribution in [0.5, 0.6) is 0 Å². The first-order valence-corrected chi connectivity index (χ1v) is 6.38. The van der Waals surface area contributed by atoms with Gasteiger partial charge in [0.25, 0.3) is 0 Å². The molecular formula is C11H19BrClN3. The van der Waals surface area contributed by atoms with Crippen LogP contribution in [-0.4, -0.2) is 22.9 Å². The monoisotopic (exact) mass is 307 g/mol. The van der Waals surface area contributed by atoms with E-state index < -0.39 is 0 Å². The molecule has 0 amide bonds. The van der Waals surface area contributed by atoms with Crippen LogP contribution in [0.4, 0.5) is 0 Å². The van der Waals surface area contributed by atoms with Gasteiger partial charge in [-0.25, -0.2) is 0 Å². The Hall–Kier alpha value is -0.0600. The number of rotatable bonds is 2. The van der Waals surface area contributed by atoms with E-state index in [1.54, 1.807) is 0 Å². The van der Waals surface area contributed by atoms with E-state index in [0.717, 1.165) is 29.2 Å². The van der Waals surface area contributed by atoms with E-state index in [-0.39, 0.29) is 12.4 Å². The van der Waals surface area contributed by atoms with Gasteiger partial charge < -0.3 is 5.32 Å². The number of hydrogen-bond donors (Lipinski definition) is 1. The summed E-state index contributed by atoms with van der Waals surface area (Å²) in [5, 5.41) is 7.99. The third-order valence-electron chi connectivity index (χ3n) is 3.12. The minimum Gasteiger partial charge on any atom is -0.316 e. The van der Waals surface area contributed by atoms with Gasteiger partial charge >= 0.3 is 0 Å². The average Bonchev–Trinajstić information content (AvgIpc) is 2.48. The van der Waals surface area contributed by atoms with Crippen molar-refractivity contribution in [2.24, 2.45) is 5.92 Å². The number of halogens is 2. The molecule has 1 fully saturated rings. The Morgan fingerprint density at radius 2 is 2.25 bits per heavy atom. The smallest absolute Gasteiger partial charge is 0.0738 e. The van der Waals surface area contributed by atoms with Crippen LogP contribution in [0, 0.1) is 19.8 Å². The fourth-order valence-corrected chi connectivity index (χ4v) is 2.46. The topological polar surface area (TPSA) is 29.9 Å². The highest BCUT2D eigenvalue weighted by molar-refractivity contribution is 9.10. The molecule has 1 unspecified atom stereocenters. The number of hydrogen-bond acceptors (Lipinski definition) is 2. The van der Waals surface area contributed by atoms with Crippen LogP contribution in [0.1, 0.15) is 24.2 Å². The maximum Gasteiger partial charge on any atom is 0.0738 e. The molecular weight excluding hydrogens is 289 g/mol. The van der Waals surface area contributed by atoms with Crippen LogP contribution < -0.4 is 5.32 Å². The van der Waals surface area contributed by atoms with Crippen molar-refractivity contribution < 1.29 is 0 Å². The van der Waals surface area contributed by atoms with Gasteiger partial charge in [0.05, 0.1) is 10.2 Å². The normalized spacial score (nSPS) is 20.6. The summed E-state index contributed by atoms with van der Waals surface area (Å²) >= 11 is 3.57. The van der Waals surface area contributed by atoms with Crippen molar-refractivity contribution in [3.63, 3.8) is 0 Å². The number of piperidine rings is 1. The largest absolute Gasteiger partial charge is 0.316 e. The Balaban J connectivity index is 0.00000128. The van der Waals surface area contributed by atoms with Crippen molar-refractivity contribution >= 4 is 28.3 Å². The second-order valence-corrected chi connectivity index (χ2v) is 5.17. The summed E-state index contributed by atoms with van der Waals surface area (Å²) < 4.78 is 3.29. The molecule has 1 aliphatic heterocycles. The summed E-state index contributed by atoms with van der Waals surface area (Å²) in [4.78, 5) is 0. The highest BCUT2D eigenvalue weighted by Crippen LogP contribution is 2.21. The zero-order chi connectivity index (χ0) is 10.8. The molecule has 0 bridgehead atoms. The second-order valence-electron chi connectivity index (χ2n) is 4.38. The number of aromatic nitrogens is 2. The Morgan fingerprint density at radius 1 is 1.50 bits per heavy atom. The van der Waals surface area contributed by atoms with Crippen LogP contribution in [-0.2, 0) is 6.54 Å². The molecule has 92 valence electrons. The Bertz CT molecular complexity index is 345. The quantitative estimate of drug-likeness (QED) is 0.910. The van der Waals surface area contributed by atoms with Gasteiger partial charge in [-0.3, -0.25) is 4.68 Å². The fourth-order valence-electron chi connectivity index (χ4n) is 2.18. The lowest BCUT2D eigenvalue weighted by atomic mass is 10.00. The molecule has 16 heavy (non-hydrogen) atoms. The predicted octanol–water partition coefficient (Wildman–Crippen LogP) is 2.68. The molecule has 2 heterocycles. The summed E-state index contributed by atoms with van der Waals surface area (Å²) in [7, 11) is 0. The summed E-state index contributed by atoms with van der Waals surface area (Å²) in [6.45, 7) is 7.53. The fraction of sp³-hybridized carbons (Fsp3) is 0.727. The maximum atomic E-state index is 4.55. The zero-order valence-corrected chi connectivity index (χ0v) is 12.2. The Labute approximate surface area is 112 Å². The molecule has 1 saturated heterocycles. The first kappa shape index (κ1) is 14.0. The van der Waals surface area contributed by atoms with E-state index in [1.165, 1.54) is 25.1 Å². The minimum atomic E-state index is 0. The lowest BCUT2D eigenvalue weighted by Gasteiger charge is -2.23. The SMILES string of the molecule is Cc1nn(CC2CCCNC2)c(C)c1Br.Cl. The highest BCUT2D eigenvalue weighted by Gasteiger charge is 2.16. The van der Waals surface area contributed by atoms with Crippen molar-refractivity contribution in [2.75, 3.05) is 13.1 Å². The van der Waals surface area contributed by atoms with Gasteiger partial charge in [-0.15, -0.1) is 12.4 Å². The van der Waals surface area contributed by atoms with Crippen molar-refractivity contribution in [3.8, 4) is 0 Å².